The third kappa shape index (κ3) is 5.27. The van der Waals surface area contributed by atoms with Crippen LogP contribution >= 0.6 is 0 Å². The maximum atomic E-state index is 13.2. The topological polar surface area (TPSA) is 96.0 Å². The summed E-state index contributed by atoms with van der Waals surface area (Å²) in [5.74, 6) is -0.513. The first-order valence-corrected chi connectivity index (χ1v) is 11.6. The Morgan fingerprint density at radius 1 is 1.31 bits per heavy atom. The molecule has 0 radical (unpaired) electrons. The van der Waals surface area contributed by atoms with Gasteiger partial charge in [-0.3, -0.25) is 9.59 Å². The third-order valence-corrected chi connectivity index (χ3v) is 7.14. The van der Waals surface area contributed by atoms with Gasteiger partial charge in [0.1, 0.15) is 18.4 Å². The van der Waals surface area contributed by atoms with E-state index < -0.39 is 21.8 Å². The van der Waals surface area contributed by atoms with Crippen LogP contribution in [0.1, 0.15) is 18.9 Å². The Kier molecular flexibility index (Phi) is 6.48. The van der Waals surface area contributed by atoms with Crippen LogP contribution in [0.15, 0.2) is 24.3 Å². The molecule has 9 heteroatoms. The fourth-order valence-electron chi connectivity index (χ4n) is 3.84. The average molecular weight is 424 g/mol. The highest BCUT2D eigenvalue weighted by Crippen LogP contribution is 2.26. The summed E-state index contributed by atoms with van der Waals surface area (Å²) < 4.78 is 29.2. The van der Waals surface area contributed by atoms with E-state index in [1.807, 2.05) is 43.3 Å². The lowest BCUT2D eigenvalue weighted by atomic mass is 10.1. The molecule has 0 bridgehead atoms. The van der Waals surface area contributed by atoms with Gasteiger partial charge < -0.3 is 19.9 Å². The van der Waals surface area contributed by atoms with Crippen molar-refractivity contribution in [2.75, 3.05) is 38.8 Å². The molecule has 2 amide bonds. The number of hydrogen-bond donors (Lipinski definition) is 1. The summed E-state index contributed by atoms with van der Waals surface area (Å²) >= 11 is 0. The zero-order valence-corrected chi connectivity index (χ0v) is 17.9. The van der Waals surface area contributed by atoms with Gasteiger partial charge >= 0.3 is 0 Å². The lowest BCUT2D eigenvalue weighted by Gasteiger charge is -2.33. The number of amides is 2. The van der Waals surface area contributed by atoms with Crippen LogP contribution in [0.4, 0.5) is 0 Å². The zero-order valence-electron chi connectivity index (χ0n) is 17.1. The van der Waals surface area contributed by atoms with E-state index in [1.165, 1.54) is 0 Å². The molecule has 1 fully saturated rings. The first kappa shape index (κ1) is 21.6. The monoisotopic (exact) mass is 423 g/mol. The van der Waals surface area contributed by atoms with Gasteiger partial charge in [0, 0.05) is 18.7 Å². The number of carbonyl (C=O) groups excluding carboxylic acids is 2. The van der Waals surface area contributed by atoms with Crippen molar-refractivity contribution >= 4 is 21.7 Å². The molecule has 29 heavy (non-hydrogen) atoms. The first-order chi connectivity index (χ1) is 13.7. The number of carbonyl (C=O) groups is 2. The van der Waals surface area contributed by atoms with Crippen molar-refractivity contribution in [2.45, 2.75) is 32.0 Å². The minimum absolute atomic E-state index is 0.0264. The van der Waals surface area contributed by atoms with Crippen molar-refractivity contribution in [1.82, 2.24) is 15.1 Å². The average Bonchev–Trinajstić information content (AvgIpc) is 2.93. The molecule has 1 aromatic carbocycles. The van der Waals surface area contributed by atoms with Crippen molar-refractivity contribution in [3.05, 3.63) is 29.8 Å². The fourth-order valence-corrected chi connectivity index (χ4v) is 5.58. The van der Waals surface area contributed by atoms with Gasteiger partial charge in [0.25, 0.3) is 0 Å². The molecule has 3 atom stereocenters. The van der Waals surface area contributed by atoms with Crippen LogP contribution in [-0.2, 0) is 26.0 Å². The number of ether oxygens (including phenoxy) is 1. The Hall–Kier alpha value is -2.13. The summed E-state index contributed by atoms with van der Waals surface area (Å²) in [4.78, 5) is 29.5. The van der Waals surface area contributed by atoms with Gasteiger partial charge in [-0.1, -0.05) is 18.2 Å². The van der Waals surface area contributed by atoms with Crippen molar-refractivity contribution in [3.8, 4) is 5.75 Å². The molecule has 1 N–H and O–H groups in total. The maximum Gasteiger partial charge on any atom is 0.245 e. The molecule has 3 unspecified atom stereocenters. The zero-order chi connectivity index (χ0) is 21.2. The van der Waals surface area contributed by atoms with Crippen LogP contribution in [0, 0.1) is 5.92 Å². The van der Waals surface area contributed by atoms with Gasteiger partial charge in [0.15, 0.2) is 9.84 Å². The molecule has 0 aromatic heterocycles. The van der Waals surface area contributed by atoms with Crippen LogP contribution in [-0.4, -0.2) is 80.9 Å². The second-order valence-corrected chi connectivity index (χ2v) is 10.4. The molecule has 2 heterocycles. The van der Waals surface area contributed by atoms with Crippen molar-refractivity contribution in [1.29, 1.82) is 0 Å². The Bertz CT molecular complexity index is 871. The molecule has 1 aromatic rings. The van der Waals surface area contributed by atoms with Crippen LogP contribution in [0.3, 0.4) is 0 Å². The first-order valence-electron chi connectivity index (χ1n) is 9.83. The number of benzene rings is 1. The van der Waals surface area contributed by atoms with Crippen LogP contribution < -0.4 is 10.1 Å². The molecule has 3 rings (SSSR count). The second kappa shape index (κ2) is 8.71. The molecule has 2 aliphatic heterocycles. The summed E-state index contributed by atoms with van der Waals surface area (Å²) in [5.41, 5.74) is 0.919. The highest BCUT2D eigenvalue weighted by Gasteiger charge is 2.36. The van der Waals surface area contributed by atoms with Gasteiger partial charge in [-0.25, -0.2) is 8.42 Å². The lowest BCUT2D eigenvalue weighted by Crippen LogP contribution is -2.54. The molecule has 8 nitrogen and oxygen atoms in total. The normalized spacial score (nSPS) is 24.3. The summed E-state index contributed by atoms with van der Waals surface area (Å²) in [6, 6.07) is 6.71. The van der Waals surface area contributed by atoms with Crippen LogP contribution in [0.2, 0.25) is 0 Å². The minimum atomic E-state index is -3.16. The van der Waals surface area contributed by atoms with E-state index in [9.17, 15) is 18.0 Å². The van der Waals surface area contributed by atoms with E-state index >= 15 is 0 Å². The number of rotatable bonds is 5. The molecule has 0 aliphatic carbocycles. The molecule has 0 spiro atoms. The second-order valence-electron chi connectivity index (χ2n) is 8.13. The minimum Gasteiger partial charge on any atom is -0.491 e. The summed E-state index contributed by atoms with van der Waals surface area (Å²) in [6.45, 7) is 3.03. The SMILES string of the molecule is CC(NC(=O)C1CCS(=O)(=O)C1)C(=O)N1Cc2ccccc2OCC1CN(C)C. The van der Waals surface area contributed by atoms with Gasteiger partial charge in [0.2, 0.25) is 11.8 Å². The fraction of sp³-hybridized carbons (Fsp3) is 0.600. The maximum absolute atomic E-state index is 13.2. The Labute approximate surface area is 172 Å². The molecule has 2 aliphatic rings. The molecule has 1 saturated heterocycles. The predicted molar refractivity (Wildman–Crippen MR) is 109 cm³/mol. The quantitative estimate of drug-likeness (QED) is 0.731. The van der Waals surface area contributed by atoms with E-state index in [0.717, 1.165) is 11.3 Å². The Balaban J connectivity index is 1.73. The van der Waals surface area contributed by atoms with E-state index in [0.29, 0.717) is 26.1 Å². The number of hydrogen-bond acceptors (Lipinski definition) is 6. The molecule has 0 saturated carbocycles. The number of fused-ring (bicyclic) bond motifs is 1. The standard InChI is InChI=1S/C20H29N3O5S/c1-14(21-19(24)16-8-9-29(26,27)13-16)20(25)23-10-15-6-4-5-7-18(15)28-12-17(23)11-22(2)3/h4-7,14,16-17H,8-13H2,1-3H3,(H,21,24). The number of likely N-dealkylation sites (N-methyl/N-ethyl adjacent to an activating group) is 1. The lowest BCUT2D eigenvalue weighted by molar-refractivity contribution is -0.139. The summed E-state index contributed by atoms with van der Waals surface area (Å²) in [7, 11) is 0.718. The van der Waals surface area contributed by atoms with Gasteiger partial charge in [-0.15, -0.1) is 0 Å². The van der Waals surface area contributed by atoms with Crippen LogP contribution in [0.5, 0.6) is 5.75 Å². The van der Waals surface area contributed by atoms with E-state index in [4.69, 9.17) is 4.74 Å². The highest BCUT2D eigenvalue weighted by atomic mass is 32.2. The largest absolute Gasteiger partial charge is 0.491 e. The Morgan fingerprint density at radius 2 is 2.03 bits per heavy atom. The molecular weight excluding hydrogens is 394 g/mol. The Morgan fingerprint density at radius 3 is 2.69 bits per heavy atom. The predicted octanol–water partition coefficient (Wildman–Crippen LogP) is 0.277. The number of nitrogens with zero attached hydrogens (tertiary/aromatic N) is 2. The number of sulfone groups is 1. The van der Waals surface area contributed by atoms with Gasteiger partial charge in [0.05, 0.1) is 23.5 Å². The van der Waals surface area contributed by atoms with Crippen molar-refractivity contribution in [3.63, 3.8) is 0 Å². The van der Waals surface area contributed by atoms with E-state index in [1.54, 1.807) is 11.8 Å². The third-order valence-electron chi connectivity index (χ3n) is 5.38. The smallest absolute Gasteiger partial charge is 0.245 e. The van der Waals surface area contributed by atoms with Crippen molar-refractivity contribution < 1.29 is 22.7 Å². The van der Waals surface area contributed by atoms with Crippen molar-refractivity contribution in [2.24, 2.45) is 5.92 Å². The summed E-state index contributed by atoms with van der Waals surface area (Å²) in [5, 5.41) is 2.73. The van der Waals surface area contributed by atoms with E-state index in [-0.39, 0.29) is 29.4 Å². The number of para-hydroxylation sites is 1. The summed E-state index contributed by atoms with van der Waals surface area (Å²) in [6.07, 6.45) is 0.309. The van der Waals surface area contributed by atoms with Crippen LogP contribution in [0.25, 0.3) is 0 Å². The molecular formula is C20H29N3O5S. The number of nitrogens with one attached hydrogen (secondary N) is 1. The van der Waals surface area contributed by atoms with E-state index in [2.05, 4.69) is 5.32 Å². The highest BCUT2D eigenvalue weighted by molar-refractivity contribution is 7.91. The molecule has 160 valence electrons. The van der Waals surface area contributed by atoms with Gasteiger partial charge in [-0.2, -0.15) is 0 Å². The van der Waals surface area contributed by atoms with Gasteiger partial charge in [-0.05, 0) is 33.5 Å².